The number of fused-ring (bicyclic) bond motifs is 1. The van der Waals surface area contributed by atoms with Gasteiger partial charge in [-0.05, 0) is 43.3 Å². The number of para-hydroxylation sites is 2. The molecular weight excluding hydrogens is 548 g/mol. The lowest BCUT2D eigenvalue weighted by Crippen LogP contribution is -2.39. The van der Waals surface area contributed by atoms with Gasteiger partial charge in [-0.25, -0.2) is 18.4 Å². The number of methoxy groups -OCH3 is 2. The first-order chi connectivity index (χ1) is 19.7. The van der Waals surface area contributed by atoms with Crippen LogP contribution in [0, 0.1) is 0 Å². The molecule has 2 heterocycles. The van der Waals surface area contributed by atoms with Gasteiger partial charge in [0.2, 0.25) is 5.91 Å². The number of carbonyl (C=O) groups is 1. The van der Waals surface area contributed by atoms with E-state index in [9.17, 15) is 13.2 Å². The topological polar surface area (TPSA) is 153 Å². The molecule has 41 heavy (non-hydrogen) atoms. The van der Waals surface area contributed by atoms with E-state index in [1.807, 2.05) is 6.07 Å². The van der Waals surface area contributed by atoms with Crippen molar-refractivity contribution in [3.05, 3.63) is 79.1 Å². The molecule has 0 aliphatic carbocycles. The lowest BCUT2D eigenvalue weighted by molar-refractivity contribution is -0.117. The van der Waals surface area contributed by atoms with E-state index in [1.54, 1.807) is 55.5 Å². The van der Waals surface area contributed by atoms with E-state index < -0.39 is 15.6 Å². The lowest BCUT2D eigenvalue weighted by Gasteiger charge is -2.20. The van der Waals surface area contributed by atoms with E-state index in [1.165, 1.54) is 38.7 Å². The minimum atomic E-state index is -4.15. The average molecular weight is 577 g/mol. The molecule has 0 bridgehead atoms. The van der Waals surface area contributed by atoms with Crippen LogP contribution >= 0.6 is 0 Å². The van der Waals surface area contributed by atoms with E-state index in [0.717, 1.165) is 0 Å². The number of hydroxylamine groups is 1. The molecule has 5 rings (SSSR count). The van der Waals surface area contributed by atoms with Crippen molar-refractivity contribution in [2.24, 2.45) is 0 Å². The molecule has 0 spiro atoms. The zero-order valence-electron chi connectivity index (χ0n) is 22.5. The smallest absolute Gasteiger partial charge is 0.263 e. The van der Waals surface area contributed by atoms with E-state index in [4.69, 9.17) is 14.3 Å². The summed E-state index contributed by atoms with van der Waals surface area (Å²) in [4.78, 5) is 26.7. The van der Waals surface area contributed by atoms with Gasteiger partial charge in [-0.15, -0.1) is 5.48 Å². The Morgan fingerprint density at radius 2 is 1.61 bits per heavy atom. The average Bonchev–Trinajstić information content (AvgIpc) is 3.38. The van der Waals surface area contributed by atoms with Gasteiger partial charge in [0.15, 0.2) is 11.6 Å². The number of rotatable bonds is 10. The van der Waals surface area contributed by atoms with Crippen molar-refractivity contribution in [3.8, 4) is 11.5 Å². The molecule has 1 aliphatic rings. The molecule has 1 atom stereocenters. The standard InChI is InChI=1S/C28H28N6O6S/c1-28(11-12-40-34-28)17-25(35)29-18-7-6-8-22(15-18)41(36,37)33-27-26(31-23-9-4-5-10-24(23)32-27)30-19-13-20(38-2)16-21(14-19)39-3/h4-16,34H,17H2,1-3H3,(H,29,35)(H,30,31)(H,32,33). The van der Waals surface area contributed by atoms with Gasteiger partial charge in [0.05, 0.1) is 42.1 Å². The first kappa shape index (κ1) is 27.7. The molecule has 1 aromatic heterocycles. The first-order valence-corrected chi connectivity index (χ1v) is 13.9. The summed E-state index contributed by atoms with van der Waals surface area (Å²) in [6.45, 7) is 1.80. The highest BCUT2D eigenvalue weighted by Crippen LogP contribution is 2.31. The van der Waals surface area contributed by atoms with E-state index in [0.29, 0.717) is 33.9 Å². The van der Waals surface area contributed by atoms with Crippen LogP contribution in [0.2, 0.25) is 0 Å². The number of anilines is 4. The molecule has 1 amide bonds. The fraction of sp³-hybridized carbons (Fsp3) is 0.179. The monoisotopic (exact) mass is 576 g/mol. The summed E-state index contributed by atoms with van der Waals surface area (Å²) in [5.74, 6) is 0.885. The Balaban J connectivity index is 1.43. The highest BCUT2D eigenvalue weighted by molar-refractivity contribution is 7.92. The van der Waals surface area contributed by atoms with Crippen LogP contribution in [-0.2, 0) is 19.7 Å². The highest BCUT2D eigenvalue weighted by Gasteiger charge is 2.29. The van der Waals surface area contributed by atoms with Gasteiger partial charge in [0.1, 0.15) is 17.8 Å². The van der Waals surface area contributed by atoms with Gasteiger partial charge in [-0.1, -0.05) is 18.2 Å². The zero-order valence-corrected chi connectivity index (χ0v) is 23.3. The molecule has 13 heteroatoms. The molecule has 3 aromatic carbocycles. The highest BCUT2D eigenvalue weighted by atomic mass is 32.2. The third-order valence-electron chi connectivity index (χ3n) is 6.17. The van der Waals surface area contributed by atoms with Crippen LogP contribution in [0.5, 0.6) is 11.5 Å². The quantitative estimate of drug-likeness (QED) is 0.215. The summed E-state index contributed by atoms with van der Waals surface area (Å²) in [5.41, 5.74) is 3.99. The summed E-state index contributed by atoms with van der Waals surface area (Å²) in [5, 5.41) is 5.86. The van der Waals surface area contributed by atoms with Gasteiger partial charge in [-0.3, -0.25) is 9.52 Å². The second kappa shape index (κ2) is 11.3. The number of sulfonamides is 1. The Morgan fingerprint density at radius 1 is 0.927 bits per heavy atom. The number of nitrogens with one attached hydrogen (secondary N) is 4. The molecule has 0 saturated carbocycles. The van der Waals surface area contributed by atoms with Crippen LogP contribution < -0.4 is 30.3 Å². The van der Waals surface area contributed by atoms with Crippen molar-refractivity contribution >= 4 is 50.0 Å². The second-order valence-corrected chi connectivity index (χ2v) is 11.1. The zero-order chi connectivity index (χ0) is 29.0. The normalized spacial score (nSPS) is 16.2. The SMILES string of the molecule is COc1cc(Nc2nc3ccccc3nc2NS(=O)(=O)c2cccc(NC(=O)CC3(C)C=CON3)c2)cc(OC)c1. The largest absolute Gasteiger partial charge is 0.497 e. The molecule has 1 unspecified atom stereocenters. The number of ether oxygens (including phenoxy) is 2. The summed E-state index contributed by atoms with van der Waals surface area (Å²) in [6.07, 6.45) is 3.28. The van der Waals surface area contributed by atoms with Crippen LogP contribution in [0.4, 0.5) is 23.0 Å². The number of hydrogen-bond donors (Lipinski definition) is 4. The second-order valence-electron chi connectivity index (χ2n) is 9.43. The number of hydrogen-bond acceptors (Lipinski definition) is 10. The summed E-state index contributed by atoms with van der Waals surface area (Å²) in [6, 6.07) is 18.2. The maximum absolute atomic E-state index is 13.5. The Kier molecular flexibility index (Phi) is 7.64. The fourth-order valence-electron chi connectivity index (χ4n) is 4.12. The van der Waals surface area contributed by atoms with E-state index in [-0.39, 0.29) is 28.9 Å². The molecule has 0 radical (unpaired) electrons. The van der Waals surface area contributed by atoms with Crippen molar-refractivity contribution < 1.29 is 27.5 Å². The Labute approximate surface area is 236 Å². The fourth-order valence-corrected chi connectivity index (χ4v) is 5.18. The van der Waals surface area contributed by atoms with Gasteiger partial charge >= 0.3 is 0 Å². The van der Waals surface area contributed by atoms with Crippen LogP contribution in [0.25, 0.3) is 11.0 Å². The number of carbonyl (C=O) groups excluding carboxylic acids is 1. The molecule has 12 nitrogen and oxygen atoms in total. The predicted octanol–water partition coefficient (Wildman–Crippen LogP) is 4.33. The van der Waals surface area contributed by atoms with Gasteiger partial charge in [0.25, 0.3) is 10.0 Å². The predicted molar refractivity (Wildman–Crippen MR) is 155 cm³/mol. The third-order valence-corrected chi connectivity index (χ3v) is 7.50. The molecule has 0 saturated heterocycles. The van der Waals surface area contributed by atoms with Crippen LogP contribution in [0.1, 0.15) is 13.3 Å². The van der Waals surface area contributed by atoms with Crippen molar-refractivity contribution in [2.45, 2.75) is 23.8 Å². The van der Waals surface area contributed by atoms with Crippen molar-refractivity contribution in [2.75, 3.05) is 29.6 Å². The number of nitrogens with zero attached hydrogens (tertiary/aromatic N) is 2. The molecule has 1 aliphatic heterocycles. The van der Waals surface area contributed by atoms with E-state index in [2.05, 4.69) is 30.8 Å². The van der Waals surface area contributed by atoms with Crippen LogP contribution in [0.15, 0.2) is 84.0 Å². The summed E-state index contributed by atoms with van der Waals surface area (Å²) >= 11 is 0. The van der Waals surface area contributed by atoms with Gasteiger partial charge < -0.3 is 24.9 Å². The maximum atomic E-state index is 13.5. The Morgan fingerprint density at radius 3 is 2.24 bits per heavy atom. The molecule has 0 fully saturated rings. The Bertz CT molecular complexity index is 1720. The molecule has 212 valence electrons. The van der Waals surface area contributed by atoms with Crippen molar-refractivity contribution in [1.29, 1.82) is 0 Å². The van der Waals surface area contributed by atoms with Crippen molar-refractivity contribution in [3.63, 3.8) is 0 Å². The van der Waals surface area contributed by atoms with Crippen LogP contribution in [-0.4, -0.2) is 44.1 Å². The third kappa shape index (κ3) is 6.48. The Hall–Kier alpha value is -4.88. The first-order valence-electron chi connectivity index (χ1n) is 12.5. The maximum Gasteiger partial charge on any atom is 0.263 e. The summed E-state index contributed by atoms with van der Waals surface area (Å²) in [7, 11) is -1.09. The summed E-state index contributed by atoms with van der Waals surface area (Å²) < 4.78 is 40.3. The van der Waals surface area contributed by atoms with Crippen molar-refractivity contribution in [1.82, 2.24) is 15.4 Å². The van der Waals surface area contributed by atoms with Gasteiger partial charge in [0, 0.05) is 29.6 Å². The number of aromatic nitrogens is 2. The number of amides is 1. The van der Waals surface area contributed by atoms with E-state index >= 15 is 0 Å². The minimum Gasteiger partial charge on any atom is -0.497 e. The minimum absolute atomic E-state index is 0.0213. The number of benzene rings is 3. The lowest BCUT2D eigenvalue weighted by atomic mass is 9.99. The molecule has 4 aromatic rings. The molecule has 4 N–H and O–H groups in total. The van der Waals surface area contributed by atoms with Gasteiger partial charge in [-0.2, -0.15) is 0 Å². The van der Waals surface area contributed by atoms with Crippen LogP contribution in [0.3, 0.4) is 0 Å². The molecular formula is C28H28N6O6S.